The first-order valence-electron chi connectivity index (χ1n) is 9.26. The zero-order valence-corrected chi connectivity index (χ0v) is 17.1. The van der Waals surface area contributed by atoms with Crippen LogP contribution in [-0.2, 0) is 27.6 Å². The Morgan fingerprint density at radius 2 is 1.96 bits per heavy atom. The van der Waals surface area contributed by atoms with Gasteiger partial charge in [0, 0.05) is 19.1 Å². The van der Waals surface area contributed by atoms with Crippen LogP contribution in [0.15, 0.2) is 12.1 Å². The minimum Gasteiger partial charge on any atom is -0.493 e. The zero-order chi connectivity index (χ0) is 20.3. The number of hydrogen-bond acceptors (Lipinski definition) is 6. The molecule has 1 unspecified atom stereocenters. The monoisotopic (exact) mass is 406 g/mol. The Morgan fingerprint density at radius 1 is 1.29 bits per heavy atom. The van der Waals surface area contributed by atoms with E-state index in [1.807, 2.05) is 17.0 Å². The highest BCUT2D eigenvalue weighted by atomic mass is 32.2. The standard InChI is InChI=1S/C20H26N2O5S/c1-4-7-21(17-6-9-28(24,25)14-17)13-20(23)22-8-5-15-10-18(26-2)19(27-3)11-16(15)12-22/h1,10-11,17H,5-9,12-14H2,2-3H3. The van der Waals surface area contributed by atoms with Crippen LogP contribution >= 0.6 is 0 Å². The molecule has 8 heteroatoms. The summed E-state index contributed by atoms with van der Waals surface area (Å²) in [6, 6.07) is 3.69. The van der Waals surface area contributed by atoms with Gasteiger partial charge in [0.2, 0.25) is 5.91 Å². The largest absolute Gasteiger partial charge is 0.493 e. The summed E-state index contributed by atoms with van der Waals surface area (Å²) in [6.45, 7) is 1.49. The molecule has 0 spiro atoms. The predicted molar refractivity (Wildman–Crippen MR) is 106 cm³/mol. The Hall–Kier alpha value is -2.24. The van der Waals surface area contributed by atoms with Crippen LogP contribution < -0.4 is 9.47 Å². The lowest BCUT2D eigenvalue weighted by atomic mass is 9.98. The molecular weight excluding hydrogens is 380 g/mol. The van der Waals surface area contributed by atoms with Crippen molar-refractivity contribution in [3.05, 3.63) is 23.3 Å². The summed E-state index contributed by atoms with van der Waals surface area (Å²) in [5.74, 6) is 4.07. The van der Waals surface area contributed by atoms with Crippen molar-refractivity contribution >= 4 is 15.7 Å². The van der Waals surface area contributed by atoms with Crippen LogP contribution in [0.25, 0.3) is 0 Å². The van der Waals surface area contributed by atoms with E-state index in [1.54, 1.807) is 19.1 Å². The summed E-state index contributed by atoms with van der Waals surface area (Å²) in [4.78, 5) is 16.5. The van der Waals surface area contributed by atoms with Crippen LogP contribution in [0.5, 0.6) is 11.5 Å². The average Bonchev–Trinajstić information content (AvgIpc) is 3.05. The smallest absolute Gasteiger partial charge is 0.237 e. The fraction of sp³-hybridized carbons (Fsp3) is 0.550. The molecule has 1 amide bonds. The number of fused-ring (bicyclic) bond motifs is 1. The topological polar surface area (TPSA) is 76.2 Å². The summed E-state index contributed by atoms with van der Waals surface area (Å²) >= 11 is 0. The van der Waals surface area contributed by atoms with Gasteiger partial charge in [0.25, 0.3) is 0 Å². The Kier molecular flexibility index (Phi) is 6.16. The maximum absolute atomic E-state index is 12.9. The second-order valence-corrected chi connectivity index (χ2v) is 9.44. The lowest BCUT2D eigenvalue weighted by molar-refractivity contribution is -0.133. The molecule has 3 rings (SSSR count). The lowest BCUT2D eigenvalue weighted by Gasteiger charge is -2.33. The summed E-state index contributed by atoms with van der Waals surface area (Å²) in [6.07, 6.45) is 6.71. The third-order valence-corrected chi connectivity index (χ3v) is 7.18. The van der Waals surface area contributed by atoms with Crippen molar-refractivity contribution in [2.45, 2.75) is 25.4 Å². The normalized spacial score (nSPS) is 20.5. The number of terminal acetylenes is 1. The molecule has 2 aliphatic heterocycles. The number of benzene rings is 1. The van der Waals surface area contributed by atoms with Crippen molar-refractivity contribution in [1.82, 2.24) is 9.80 Å². The van der Waals surface area contributed by atoms with Crippen molar-refractivity contribution in [2.75, 3.05) is 45.4 Å². The number of ether oxygens (including phenoxy) is 2. The molecule has 1 fully saturated rings. The molecule has 152 valence electrons. The van der Waals surface area contributed by atoms with E-state index in [4.69, 9.17) is 15.9 Å². The number of amides is 1. The maximum Gasteiger partial charge on any atom is 0.237 e. The van der Waals surface area contributed by atoms with E-state index >= 15 is 0 Å². The van der Waals surface area contributed by atoms with Gasteiger partial charge in [-0.3, -0.25) is 9.69 Å². The fourth-order valence-corrected chi connectivity index (χ4v) is 5.63. The minimum absolute atomic E-state index is 0.0417. The van der Waals surface area contributed by atoms with Gasteiger partial charge in [0.05, 0.1) is 38.8 Å². The van der Waals surface area contributed by atoms with Gasteiger partial charge in [-0.2, -0.15) is 0 Å². The predicted octanol–water partition coefficient (Wildman–Crippen LogP) is 0.711. The SMILES string of the molecule is C#CCN(CC(=O)N1CCc2cc(OC)c(OC)cc2C1)C1CCS(=O)(=O)C1. The van der Waals surface area contributed by atoms with Crippen LogP contribution in [0.2, 0.25) is 0 Å². The van der Waals surface area contributed by atoms with E-state index in [1.165, 1.54) is 0 Å². The molecule has 2 heterocycles. The summed E-state index contributed by atoms with van der Waals surface area (Å²) < 4.78 is 34.3. The first-order chi connectivity index (χ1) is 13.4. The van der Waals surface area contributed by atoms with Gasteiger partial charge >= 0.3 is 0 Å². The minimum atomic E-state index is -3.03. The number of rotatable bonds is 6. The van der Waals surface area contributed by atoms with Gasteiger partial charge in [0.1, 0.15) is 0 Å². The molecule has 0 N–H and O–H groups in total. The van der Waals surface area contributed by atoms with Crippen molar-refractivity contribution in [3.63, 3.8) is 0 Å². The molecule has 0 bridgehead atoms. The number of hydrogen-bond donors (Lipinski definition) is 0. The fourth-order valence-electron chi connectivity index (χ4n) is 3.86. The third-order valence-electron chi connectivity index (χ3n) is 5.43. The number of carbonyl (C=O) groups is 1. The number of nitrogens with zero attached hydrogens (tertiary/aromatic N) is 2. The first-order valence-corrected chi connectivity index (χ1v) is 11.1. The van der Waals surface area contributed by atoms with Gasteiger partial charge in [-0.05, 0) is 36.1 Å². The van der Waals surface area contributed by atoms with Crippen molar-refractivity contribution in [1.29, 1.82) is 0 Å². The van der Waals surface area contributed by atoms with Gasteiger partial charge in [-0.1, -0.05) is 5.92 Å². The van der Waals surface area contributed by atoms with Crippen molar-refractivity contribution in [3.8, 4) is 23.8 Å². The van der Waals surface area contributed by atoms with Crippen LogP contribution in [-0.4, -0.2) is 75.5 Å². The second kappa shape index (κ2) is 8.41. The molecular formula is C20H26N2O5S. The molecule has 0 radical (unpaired) electrons. The molecule has 28 heavy (non-hydrogen) atoms. The Balaban J connectivity index is 1.70. The van der Waals surface area contributed by atoms with Gasteiger partial charge in [-0.15, -0.1) is 6.42 Å². The lowest BCUT2D eigenvalue weighted by Crippen LogP contribution is -2.46. The van der Waals surface area contributed by atoms with Gasteiger partial charge in [0.15, 0.2) is 21.3 Å². The van der Waals surface area contributed by atoms with Gasteiger partial charge in [-0.25, -0.2) is 8.42 Å². The average molecular weight is 407 g/mol. The molecule has 0 aliphatic carbocycles. The van der Waals surface area contributed by atoms with Crippen LogP contribution in [0, 0.1) is 12.3 Å². The quantitative estimate of drug-likeness (QED) is 0.648. The number of methoxy groups -OCH3 is 2. The Morgan fingerprint density at radius 3 is 2.54 bits per heavy atom. The van der Waals surface area contributed by atoms with Crippen LogP contribution in [0.4, 0.5) is 0 Å². The molecule has 1 aromatic carbocycles. The highest BCUT2D eigenvalue weighted by Crippen LogP contribution is 2.33. The molecule has 0 saturated carbocycles. The number of carbonyl (C=O) groups excluding carboxylic acids is 1. The summed E-state index contributed by atoms with van der Waals surface area (Å²) in [5, 5.41) is 0. The Labute approximate surface area is 166 Å². The zero-order valence-electron chi connectivity index (χ0n) is 16.3. The Bertz CT molecular complexity index is 891. The summed E-state index contributed by atoms with van der Waals surface area (Å²) in [7, 11) is 0.155. The van der Waals surface area contributed by atoms with E-state index in [9.17, 15) is 13.2 Å². The van der Waals surface area contributed by atoms with Crippen LogP contribution in [0.1, 0.15) is 17.5 Å². The van der Waals surface area contributed by atoms with Crippen molar-refractivity contribution in [2.24, 2.45) is 0 Å². The molecule has 1 saturated heterocycles. The van der Waals surface area contributed by atoms with E-state index in [2.05, 4.69) is 5.92 Å². The number of sulfone groups is 1. The molecule has 0 aromatic heterocycles. The van der Waals surface area contributed by atoms with E-state index in [0.717, 1.165) is 17.5 Å². The molecule has 7 nitrogen and oxygen atoms in total. The molecule has 1 atom stereocenters. The molecule has 2 aliphatic rings. The summed E-state index contributed by atoms with van der Waals surface area (Å²) in [5.41, 5.74) is 2.17. The second-order valence-electron chi connectivity index (χ2n) is 7.21. The third kappa shape index (κ3) is 4.42. The van der Waals surface area contributed by atoms with Crippen LogP contribution in [0.3, 0.4) is 0 Å². The van der Waals surface area contributed by atoms with E-state index in [0.29, 0.717) is 31.0 Å². The van der Waals surface area contributed by atoms with Crippen molar-refractivity contribution < 1.29 is 22.7 Å². The van der Waals surface area contributed by atoms with E-state index in [-0.39, 0.29) is 36.5 Å². The maximum atomic E-state index is 12.9. The van der Waals surface area contributed by atoms with Gasteiger partial charge < -0.3 is 14.4 Å². The first kappa shape index (κ1) is 20.5. The molecule has 1 aromatic rings. The highest BCUT2D eigenvalue weighted by Gasteiger charge is 2.34. The van der Waals surface area contributed by atoms with E-state index < -0.39 is 9.84 Å². The highest BCUT2D eigenvalue weighted by molar-refractivity contribution is 7.91.